The van der Waals surface area contributed by atoms with Crippen LogP contribution in [0.2, 0.25) is 5.02 Å². The van der Waals surface area contributed by atoms with Crippen molar-refractivity contribution in [1.29, 1.82) is 0 Å². The monoisotopic (exact) mass is 435 g/mol. The molecule has 0 atom stereocenters. The lowest BCUT2D eigenvalue weighted by Gasteiger charge is -2.34. The van der Waals surface area contributed by atoms with Crippen molar-refractivity contribution in [3.63, 3.8) is 0 Å². The molecule has 1 aliphatic heterocycles. The smallest absolute Gasteiger partial charge is 0.258 e. The van der Waals surface area contributed by atoms with Crippen LogP contribution in [0.1, 0.15) is 5.69 Å². The Labute approximate surface area is 175 Å². The predicted molar refractivity (Wildman–Crippen MR) is 111 cm³/mol. The van der Waals surface area contributed by atoms with Crippen molar-refractivity contribution in [2.24, 2.45) is 0 Å². The van der Waals surface area contributed by atoms with E-state index in [1.807, 2.05) is 10.3 Å². The minimum atomic E-state index is -0.515. The number of piperazine rings is 1. The zero-order valence-electron chi connectivity index (χ0n) is 15.5. The molecule has 1 N–H and O–H groups in total. The summed E-state index contributed by atoms with van der Waals surface area (Å²) in [5.74, 6) is -0.795. The van der Waals surface area contributed by atoms with E-state index in [2.05, 4.69) is 15.2 Å². The molecular weight excluding hydrogens is 417 g/mol. The molecule has 2 aromatic heterocycles. The minimum absolute atomic E-state index is 0.0743. The predicted octanol–water partition coefficient (Wildman–Crippen LogP) is 2.30. The highest BCUT2D eigenvalue weighted by molar-refractivity contribution is 7.15. The number of carbonyl (C=O) groups excluding carboxylic acids is 1. The largest absolute Gasteiger partial charge is 0.322 e. The van der Waals surface area contributed by atoms with E-state index in [1.165, 1.54) is 33.9 Å². The Morgan fingerprint density at radius 1 is 1.21 bits per heavy atom. The molecule has 1 saturated heterocycles. The van der Waals surface area contributed by atoms with E-state index in [1.54, 1.807) is 12.3 Å². The van der Waals surface area contributed by atoms with Gasteiger partial charge < -0.3 is 5.32 Å². The van der Waals surface area contributed by atoms with Crippen LogP contribution >= 0.6 is 22.9 Å². The summed E-state index contributed by atoms with van der Waals surface area (Å²) in [5.41, 5.74) is 0.761. The van der Waals surface area contributed by atoms with Crippen molar-refractivity contribution in [1.82, 2.24) is 19.2 Å². The van der Waals surface area contributed by atoms with Crippen molar-refractivity contribution in [3.8, 4) is 0 Å². The molecular formula is C19H19ClFN5O2S. The number of nitrogens with one attached hydrogen (secondary N) is 1. The number of thiazole rings is 1. The Morgan fingerprint density at radius 2 is 1.97 bits per heavy atom. The van der Waals surface area contributed by atoms with E-state index >= 15 is 0 Å². The second-order valence-electron chi connectivity index (χ2n) is 6.87. The molecule has 1 aromatic carbocycles. The van der Waals surface area contributed by atoms with Crippen LogP contribution in [0.5, 0.6) is 0 Å². The first kappa shape index (κ1) is 20.0. The Morgan fingerprint density at radius 3 is 2.76 bits per heavy atom. The normalized spacial score (nSPS) is 15.7. The lowest BCUT2D eigenvalue weighted by atomic mass is 10.2. The van der Waals surface area contributed by atoms with Gasteiger partial charge >= 0.3 is 0 Å². The zero-order chi connectivity index (χ0) is 20.4. The molecule has 29 heavy (non-hydrogen) atoms. The van der Waals surface area contributed by atoms with Crippen LogP contribution in [0.15, 0.2) is 40.6 Å². The van der Waals surface area contributed by atoms with Crippen LogP contribution in [-0.4, -0.2) is 57.8 Å². The van der Waals surface area contributed by atoms with Crippen LogP contribution in [0.3, 0.4) is 0 Å². The number of anilines is 1. The second kappa shape index (κ2) is 8.58. The lowest BCUT2D eigenvalue weighted by Crippen LogP contribution is -2.48. The summed E-state index contributed by atoms with van der Waals surface area (Å²) in [6, 6.07) is 5.63. The third kappa shape index (κ3) is 4.81. The Balaban J connectivity index is 1.29. The SMILES string of the molecule is O=C(CN1CCN(Cc2cc(=O)n3ccsc3n2)CC1)Nc1cc(Cl)ccc1F. The summed E-state index contributed by atoms with van der Waals surface area (Å²) in [7, 11) is 0. The van der Waals surface area contributed by atoms with Crippen molar-refractivity contribution in [2.45, 2.75) is 6.54 Å². The summed E-state index contributed by atoms with van der Waals surface area (Å²) >= 11 is 7.28. The average Bonchev–Trinajstić information content (AvgIpc) is 3.15. The van der Waals surface area contributed by atoms with Gasteiger partial charge in [-0.1, -0.05) is 11.6 Å². The zero-order valence-corrected chi connectivity index (χ0v) is 17.0. The van der Waals surface area contributed by atoms with Gasteiger partial charge in [-0.05, 0) is 18.2 Å². The van der Waals surface area contributed by atoms with E-state index < -0.39 is 5.82 Å². The highest BCUT2D eigenvalue weighted by Crippen LogP contribution is 2.19. The van der Waals surface area contributed by atoms with E-state index in [0.717, 1.165) is 18.8 Å². The molecule has 0 bridgehead atoms. The molecule has 1 fully saturated rings. The van der Waals surface area contributed by atoms with Gasteiger partial charge in [0.05, 0.1) is 17.9 Å². The number of fused-ring (bicyclic) bond motifs is 1. The van der Waals surface area contributed by atoms with Crippen LogP contribution in [0.4, 0.5) is 10.1 Å². The number of rotatable bonds is 5. The molecule has 3 aromatic rings. The third-order valence-electron chi connectivity index (χ3n) is 4.78. The highest BCUT2D eigenvalue weighted by atomic mass is 35.5. The number of amides is 1. The fourth-order valence-corrected chi connectivity index (χ4v) is 4.20. The number of halogens is 2. The highest BCUT2D eigenvalue weighted by Gasteiger charge is 2.20. The van der Waals surface area contributed by atoms with Crippen molar-refractivity contribution in [3.05, 3.63) is 62.7 Å². The summed E-state index contributed by atoms with van der Waals surface area (Å²) in [5, 5.41) is 4.78. The van der Waals surface area contributed by atoms with Gasteiger partial charge in [0.1, 0.15) is 5.82 Å². The summed E-state index contributed by atoms with van der Waals surface area (Å²) in [4.78, 5) is 33.8. The molecule has 152 valence electrons. The van der Waals surface area contributed by atoms with E-state index in [0.29, 0.717) is 29.6 Å². The standard InChI is InChI=1S/C19H19ClFN5O2S/c20-13-1-2-15(21)16(9-13)23-17(27)12-25-5-3-24(4-6-25)11-14-10-18(28)26-7-8-29-19(26)22-14/h1-2,7-10H,3-6,11-12H2,(H,23,27). The Hall–Kier alpha value is -2.33. The van der Waals surface area contributed by atoms with Crippen molar-refractivity contribution in [2.75, 3.05) is 38.0 Å². The van der Waals surface area contributed by atoms with E-state index in [-0.39, 0.29) is 23.7 Å². The number of benzene rings is 1. The first-order valence-corrected chi connectivity index (χ1v) is 10.4. The molecule has 0 spiro atoms. The van der Waals surface area contributed by atoms with E-state index in [9.17, 15) is 14.0 Å². The lowest BCUT2D eigenvalue weighted by molar-refractivity contribution is -0.117. The van der Waals surface area contributed by atoms with Crippen LogP contribution < -0.4 is 10.9 Å². The van der Waals surface area contributed by atoms with Crippen molar-refractivity contribution >= 4 is 39.5 Å². The van der Waals surface area contributed by atoms with E-state index in [4.69, 9.17) is 11.6 Å². The maximum Gasteiger partial charge on any atom is 0.258 e. The average molecular weight is 436 g/mol. The number of aromatic nitrogens is 2. The Kier molecular flexibility index (Phi) is 5.91. The van der Waals surface area contributed by atoms with Crippen molar-refractivity contribution < 1.29 is 9.18 Å². The fraction of sp³-hybridized carbons (Fsp3) is 0.316. The summed E-state index contributed by atoms with van der Waals surface area (Å²) < 4.78 is 15.3. The summed E-state index contributed by atoms with van der Waals surface area (Å²) in [6.45, 7) is 3.68. The Bertz CT molecular complexity index is 1090. The number of hydrogen-bond donors (Lipinski definition) is 1. The molecule has 3 heterocycles. The maximum atomic E-state index is 13.7. The molecule has 1 aliphatic rings. The molecule has 4 rings (SSSR count). The first-order valence-electron chi connectivity index (χ1n) is 9.13. The maximum absolute atomic E-state index is 13.7. The fourth-order valence-electron chi connectivity index (χ4n) is 3.29. The summed E-state index contributed by atoms with van der Waals surface area (Å²) in [6.07, 6.45) is 1.72. The third-order valence-corrected chi connectivity index (χ3v) is 5.77. The molecule has 0 aliphatic carbocycles. The molecule has 1 amide bonds. The molecule has 10 heteroatoms. The number of hydrogen-bond acceptors (Lipinski definition) is 6. The van der Waals surface area contributed by atoms with Gasteiger partial charge in [0.25, 0.3) is 5.56 Å². The van der Waals surface area contributed by atoms with Crippen LogP contribution in [0, 0.1) is 5.82 Å². The second-order valence-corrected chi connectivity index (χ2v) is 8.18. The van der Waals surface area contributed by atoms with Gasteiger partial charge in [-0.15, -0.1) is 11.3 Å². The van der Waals surface area contributed by atoms with Gasteiger partial charge in [-0.2, -0.15) is 0 Å². The van der Waals surface area contributed by atoms with Gasteiger partial charge in [0.15, 0.2) is 4.96 Å². The van der Waals surface area contributed by atoms with Crippen LogP contribution in [-0.2, 0) is 11.3 Å². The molecule has 0 unspecified atom stereocenters. The topological polar surface area (TPSA) is 70.0 Å². The molecule has 7 nitrogen and oxygen atoms in total. The number of carbonyl (C=O) groups is 1. The van der Waals surface area contributed by atoms with Gasteiger partial charge in [0, 0.05) is 55.4 Å². The van der Waals surface area contributed by atoms with Gasteiger partial charge in [0.2, 0.25) is 5.91 Å². The van der Waals surface area contributed by atoms with Gasteiger partial charge in [-0.3, -0.25) is 23.8 Å². The number of nitrogens with zero attached hydrogens (tertiary/aromatic N) is 4. The van der Waals surface area contributed by atoms with Gasteiger partial charge in [-0.25, -0.2) is 9.37 Å². The minimum Gasteiger partial charge on any atom is -0.322 e. The first-order chi connectivity index (χ1) is 14.0. The molecule has 0 saturated carbocycles. The van der Waals surface area contributed by atoms with Crippen LogP contribution in [0.25, 0.3) is 4.96 Å². The molecule has 0 radical (unpaired) electrons. The quantitative estimate of drug-likeness (QED) is 0.666.